The van der Waals surface area contributed by atoms with Gasteiger partial charge in [0.05, 0.1) is 0 Å². The number of imidazole rings is 1. The molecule has 1 aromatic carbocycles. The number of nitrogens with zero attached hydrogens (tertiary/aromatic N) is 3. The van der Waals surface area contributed by atoms with Crippen LogP contribution < -0.4 is 21.5 Å². The van der Waals surface area contributed by atoms with Crippen molar-refractivity contribution in [3.05, 3.63) is 54.6 Å². The molecule has 0 aliphatic rings. The summed E-state index contributed by atoms with van der Waals surface area (Å²) in [6.07, 6.45) is 13.4. The van der Waals surface area contributed by atoms with Crippen molar-refractivity contribution in [3.8, 4) is 0 Å². The van der Waals surface area contributed by atoms with Gasteiger partial charge in [-0.3, -0.25) is 4.90 Å². The molecule has 0 radical (unpaired) electrons. The first-order chi connectivity index (χ1) is 11.8. The maximum Gasteiger partial charge on any atom is 0.245 e. The Morgan fingerprint density at radius 3 is 2.20 bits per heavy atom. The van der Waals surface area contributed by atoms with Crippen LogP contribution in [0.25, 0.3) is 0 Å². The summed E-state index contributed by atoms with van der Waals surface area (Å²) in [5.74, 6) is 0. The molecule has 0 bridgehead atoms. The highest BCUT2D eigenvalue weighted by Crippen LogP contribution is 2.13. The lowest BCUT2D eigenvalue weighted by atomic mass is 10.2. The number of aromatic nitrogens is 2. The predicted molar refractivity (Wildman–Crippen MR) is 101 cm³/mol. The Morgan fingerprint density at radius 1 is 1.00 bits per heavy atom. The minimum atomic E-state index is 0. The van der Waals surface area contributed by atoms with Crippen molar-refractivity contribution >= 4 is 0 Å². The number of benzene rings is 1. The minimum absolute atomic E-state index is 0. The Kier molecular flexibility index (Phi) is 10.7. The van der Waals surface area contributed by atoms with E-state index in [9.17, 15) is 0 Å². The van der Waals surface area contributed by atoms with E-state index < -0.39 is 0 Å². The number of unbranched alkanes of at least 4 members (excludes halogenated alkanes) is 2. The van der Waals surface area contributed by atoms with Gasteiger partial charge in [0, 0.05) is 13.1 Å². The van der Waals surface area contributed by atoms with E-state index in [1.807, 2.05) is 0 Å². The molecule has 2 rings (SSSR count). The molecule has 25 heavy (non-hydrogen) atoms. The molecule has 0 saturated heterocycles. The molecule has 1 atom stereocenters. The maximum absolute atomic E-state index is 2.67. The van der Waals surface area contributed by atoms with Crippen LogP contribution in [0.2, 0.25) is 0 Å². The van der Waals surface area contributed by atoms with Gasteiger partial charge in [0.25, 0.3) is 0 Å². The Hall–Kier alpha value is -1.13. The van der Waals surface area contributed by atoms with E-state index in [1.54, 1.807) is 0 Å². The first-order valence-electron chi connectivity index (χ1n) is 9.63. The highest BCUT2D eigenvalue weighted by Gasteiger charge is 2.22. The smallest absolute Gasteiger partial charge is 0.245 e. The summed E-state index contributed by atoms with van der Waals surface area (Å²) in [6.45, 7) is 10.2. The van der Waals surface area contributed by atoms with Crippen LogP contribution in [-0.2, 0) is 6.54 Å². The molecule has 1 aromatic heterocycles. The van der Waals surface area contributed by atoms with Crippen molar-refractivity contribution in [3.63, 3.8) is 0 Å². The van der Waals surface area contributed by atoms with E-state index in [2.05, 4.69) is 83.9 Å². The van der Waals surface area contributed by atoms with Crippen LogP contribution in [0.4, 0.5) is 0 Å². The van der Waals surface area contributed by atoms with Gasteiger partial charge in [0.15, 0.2) is 6.17 Å². The van der Waals surface area contributed by atoms with Gasteiger partial charge in [0.1, 0.15) is 18.9 Å². The molecule has 0 aliphatic carbocycles. The summed E-state index contributed by atoms with van der Waals surface area (Å²) in [5.41, 5.74) is 1.35. The predicted octanol–water partition coefficient (Wildman–Crippen LogP) is 1.64. The summed E-state index contributed by atoms with van der Waals surface area (Å²) in [7, 11) is 0. The lowest BCUT2D eigenvalue weighted by Crippen LogP contribution is -3.00. The highest BCUT2D eigenvalue weighted by molar-refractivity contribution is 5.14. The molecule has 4 heteroatoms. The fourth-order valence-corrected chi connectivity index (χ4v) is 3.26. The van der Waals surface area contributed by atoms with Gasteiger partial charge in [-0.15, -0.1) is 0 Å². The Balaban J connectivity index is 0.00000312. The third-order valence-corrected chi connectivity index (χ3v) is 4.65. The van der Waals surface area contributed by atoms with Crippen molar-refractivity contribution in [1.29, 1.82) is 0 Å². The van der Waals surface area contributed by atoms with Crippen LogP contribution in [-0.4, -0.2) is 22.6 Å². The second kappa shape index (κ2) is 12.3. The van der Waals surface area contributed by atoms with E-state index in [1.165, 1.54) is 44.3 Å². The first-order valence-corrected chi connectivity index (χ1v) is 9.63. The zero-order valence-corrected chi connectivity index (χ0v) is 17.7. The molecule has 0 fully saturated rings. The van der Waals surface area contributed by atoms with Crippen LogP contribution in [0.1, 0.15) is 64.6 Å². The summed E-state index contributed by atoms with van der Waals surface area (Å²) in [5, 5.41) is 0. The maximum atomic E-state index is 2.67. The normalized spacial score (nSPS) is 12.2. The largest absolute Gasteiger partial charge is 1.00 e. The van der Waals surface area contributed by atoms with Gasteiger partial charge in [-0.2, -0.15) is 0 Å². The van der Waals surface area contributed by atoms with E-state index in [-0.39, 0.29) is 17.0 Å². The minimum Gasteiger partial charge on any atom is -1.00 e. The van der Waals surface area contributed by atoms with Gasteiger partial charge in [-0.25, -0.2) is 9.13 Å². The van der Waals surface area contributed by atoms with Crippen LogP contribution in [0.3, 0.4) is 0 Å². The van der Waals surface area contributed by atoms with Crippen LogP contribution in [0.15, 0.2) is 49.1 Å². The highest BCUT2D eigenvalue weighted by atomic mass is 79.9. The second-order valence-electron chi connectivity index (χ2n) is 6.65. The molecule has 140 valence electrons. The molecule has 0 N–H and O–H groups in total. The van der Waals surface area contributed by atoms with Crippen molar-refractivity contribution in [2.24, 2.45) is 0 Å². The quantitative estimate of drug-likeness (QED) is 0.515. The average Bonchev–Trinajstić information content (AvgIpc) is 3.06. The SMILES string of the molecule is CCCCN(CCCC)C(CC)[n+]1ccn(Cc2ccccc2)c1.[Br-]. The molecule has 0 saturated carbocycles. The Morgan fingerprint density at radius 2 is 1.64 bits per heavy atom. The number of halogens is 1. The van der Waals surface area contributed by atoms with E-state index >= 15 is 0 Å². The van der Waals surface area contributed by atoms with Gasteiger partial charge in [0.2, 0.25) is 6.33 Å². The molecular formula is C21H34BrN3. The van der Waals surface area contributed by atoms with E-state index in [0.717, 1.165) is 13.0 Å². The standard InChI is InChI=1S/C21H34N3.BrH/c1-4-7-14-23(15-8-5-2)21(6-3)24-17-16-22(19-24)18-20-12-10-9-11-13-20;/h9-13,16-17,19,21H,4-8,14-15,18H2,1-3H3;1H/q+1;/p-1. The second-order valence-corrected chi connectivity index (χ2v) is 6.65. The number of rotatable bonds is 11. The van der Waals surface area contributed by atoms with E-state index in [4.69, 9.17) is 0 Å². The summed E-state index contributed by atoms with van der Waals surface area (Å²) >= 11 is 0. The average molecular weight is 408 g/mol. The topological polar surface area (TPSA) is 12.1 Å². The van der Waals surface area contributed by atoms with Crippen molar-refractivity contribution in [2.75, 3.05) is 13.1 Å². The van der Waals surface area contributed by atoms with Gasteiger partial charge in [-0.1, -0.05) is 63.9 Å². The van der Waals surface area contributed by atoms with Crippen molar-refractivity contribution in [2.45, 2.75) is 65.6 Å². The van der Waals surface area contributed by atoms with Crippen molar-refractivity contribution < 1.29 is 21.5 Å². The zero-order chi connectivity index (χ0) is 17.2. The molecular weight excluding hydrogens is 374 g/mol. The third-order valence-electron chi connectivity index (χ3n) is 4.65. The fourth-order valence-electron chi connectivity index (χ4n) is 3.26. The van der Waals surface area contributed by atoms with Crippen molar-refractivity contribution in [1.82, 2.24) is 9.47 Å². The van der Waals surface area contributed by atoms with Gasteiger partial charge < -0.3 is 17.0 Å². The lowest BCUT2D eigenvalue weighted by molar-refractivity contribution is -0.743. The van der Waals surface area contributed by atoms with Crippen LogP contribution in [0, 0.1) is 0 Å². The van der Waals surface area contributed by atoms with Gasteiger partial charge >= 0.3 is 0 Å². The Labute approximate surface area is 164 Å². The Bertz CT molecular complexity index is 560. The fraction of sp³-hybridized carbons (Fsp3) is 0.571. The third kappa shape index (κ3) is 6.95. The molecule has 1 unspecified atom stereocenters. The zero-order valence-electron chi connectivity index (χ0n) is 16.1. The lowest BCUT2D eigenvalue weighted by Gasteiger charge is -2.28. The monoisotopic (exact) mass is 407 g/mol. The molecule has 3 nitrogen and oxygen atoms in total. The van der Waals surface area contributed by atoms with Crippen LogP contribution in [0.5, 0.6) is 0 Å². The molecule has 0 aliphatic heterocycles. The summed E-state index contributed by atoms with van der Waals surface area (Å²) in [4.78, 5) is 2.67. The molecule has 2 aromatic rings. The first kappa shape index (κ1) is 21.9. The molecule has 1 heterocycles. The summed E-state index contributed by atoms with van der Waals surface area (Å²) in [6, 6.07) is 10.7. The molecule has 0 spiro atoms. The van der Waals surface area contributed by atoms with Gasteiger partial charge in [-0.05, 0) is 24.8 Å². The number of hydrogen-bond acceptors (Lipinski definition) is 1. The summed E-state index contributed by atoms with van der Waals surface area (Å²) < 4.78 is 4.68. The number of hydrogen-bond donors (Lipinski definition) is 0. The van der Waals surface area contributed by atoms with Crippen LogP contribution >= 0.6 is 0 Å². The molecule has 0 amide bonds. The van der Waals surface area contributed by atoms with E-state index in [0.29, 0.717) is 6.17 Å².